The fourth-order valence-electron chi connectivity index (χ4n) is 1.50. The summed E-state index contributed by atoms with van der Waals surface area (Å²) in [6.45, 7) is 6.13. The van der Waals surface area contributed by atoms with E-state index in [0.29, 0.717) is 11.3 Å². The van der Waals surface area contributed by atoms with Gasteiger partial charge in [0, 0.05) is 11.1 Å². The van der Waals surface area contributed by atoms with E-state index in [9.17, 15) is 4.79 Å². The lowest BCUT2D eigenvalue weighted by atomic mass is 9.90. The van der Waals surface area contributed by atoms with Crippen LogP contribution in [-0.2, 0) is 5.41 Å². The molecule has 2 rings (SSSR count). The van der Waals surface area contributed by atoms with Gasteiger partial charge in [-0.3, -0.25) is 9.78 Å². The Labute approximate surface area is 101 Å². The maximum Gasteiger partial charge on any atom is 0.252 e. The minimum absolute atomic E-state index is 0.109. The molecule has 1 heterocycles. The molecule has 1 aliphatic rings. The van der Waals surface area contributed by atoms with Crippen molar-refractivity contribution in [3.05, 3.63) is 23.5 Å². The fourth-order valence-corrected chi connectivity index (χ4v) is 1.50. The molecule has 0 radical (unpaired) electrons. The van der Waals surface area contributed by atoms with Gasteiger partial charge in [-0.2, -0.15) is 0 Å². The van der Waals surface area contributed by atoms with Crippen molar-refractivity contribution >= 4 is 5.91 Å². The predicted octanol–water partition coefficient (Wildman–Crippen LogP) is 2.02. The van der Waals surface area contributed by atoms with E-state index in [0.717, 1.165) is 18.5 Å². The number of hydrogen-bond acceptors (Lipinski definition) is 3. The van der Waals surface area contributed by atoms with E-state index in [1.165, 1.54) is 0 Å². The number of nitrogens with two attached hydrogens (primary N) is 1. The van der Waals surface area contributed by atoms with Crippen LogP contribution in [0.4, 0.5) is 0 Å². The number of carbonyl (C=O) groups excluding carboxylic acids is 1. The van der Waals surface area contributed by atoms with Gasteiger partial charge in [0.1, 0.15) is 0 Å². The average Bonchev–Trinajstić information content (AvgIpc) is 3.00. The van der Waals surface area contributed by atoms with Crippen LogP contribution in [0.2, 0.25) is 0 Å². The molecule has 0 aliphatic heterocycles. The van der Waals surface area contributed by atoms with Gasteiger partial charge in [0.15, 0.2) is 5.75 Å². The second-order valence-corrected chi connectivity index (χ2v) is 5.50. The maximum atomic E-state index is 11.4. The minimum atomic E-state index is -0.464. The Hall–Kier alpha value is -1.58. The Balaban J connectivity index is 2.36. The highest BCUT2D eigenvalue weighted by Crippen LogP contribution is 2.30. The van der Waals surface area contributed by atoms with Gasteiger partial charge in [-0.05, 0) is 18.9 Å². The molecule has 17 heavy (non-hydrogen) atoms. The Morgan fingerprint density at radius 1 is 1.47 bits per heavy atom. The normalized spacial score (nSPS) is 15.7. The van der Waals surface area contributed by atoms with Crippen molar-refractivity contribution in [2.24, 2.45) is 5.73 Å². The first-order valence-electron chi connectivity index (χ1n) is 5.85. The minimum Gasteiger partial charge on any atom is -0.488 e. The van der Waals surface area contributed by atoms with Crippen molar-refractivity contribution in [3.8, 4) is 5.75 Å². The first-order valence-corrected chi connectivity index (χ1v) is 5.85. The van der Waals surface area contributed by atoms with E-state index in [4.69, 9.17) is 10.5 Å². The smallest absolute Gasteiger partial charge is 0.252 e. The van der Waals surface area contributed by atoms with E-state index >= 15 is 0 Å². The number of carbonyl (C=O) groups is 1. The highest BCUT2D eigenvalue weighted by atomic mass is 16.5. The Morgan fingerprint density at radius 3 is 2.59 bits per heavy atom. The summed E-state index contributed by atoms with van der Waals surface area (Å²) >= 11 is 0. The molecule has 0 bridgehead atoms. The lowest BCUT2D eigenvalue weighted by Gasteiger charge is -2.19. The number of aromatic nitrogens is 1. The summed E-state index contributed by atoms with van der Waals surface area (Å²) in [6.07, 6.45) is 3.92. The SMILES string of the molecule is CC(C)(C)c1cc(C(N)=O)c(OC2CC2)cn1. The van der Waals surface area contributed by atoms with E-state index in [2.05, 4.69) is 4.98 Å². The molecule has 4 heteroatoms. The molecule has 0 aromatic carbocycles. The summed E-state index contributed by atoms with van der Waals surface area (Å²) in [5.74, 6) is 0.0431. The number of primary amides is 1. The lowest BCUT2D eigenvalue weighted by molar-refractivity contribution is 0.0995. The molecule has 1 aromatic rings. The largest absolute Gasteiger partial charge is 0.488 e. The molecule has 0 atom stereocenters. The van der Waals surface area contributed by atoms with Crippen molar-refractivity contribution in [1.82, 2.24) is 4.98 Å². The van der Waals surface area contributed by atoms with Crippen LogP contribution in [0.25, 0.3) is 0 Å². The van der Waals surface area contributed by atoms with E-state index < -0.39 is 5.91 Å². The van der Waals surface area contributed by atoms with E-state index in [-0.39, 0.29) is 11.5 Å². The molecular weight excluding hydrogens is 216 g/mol. The number of rotatable bonds is 3. The summed E-state index contributed by atoms with van der Waals surface area (Å²) in [4.78, 5) is 15.8. The van der Waals surface area contributed by atoms with Gasteiger partial charge < -0.3 is 10.5 Å². The fraction of sp³-hybridized carbons (Fsp3) is 0.538. The van der Waals surface area contributed by atoms with Crippen LogP contribution in [-0.4, -0.2) is 17.0 Å². The zero-order valence-corrected chi connectivity index (χ0v) is 10.5. The Kier molecular flexibility index (Phi) is 2.81. The molecule has 92 valence electrons. The van der Waals surface area contributed by atoms with Gasteiger partial charge in [0.05, 0.1) is 17.9 Å². The van der Waals surface area contributed by atoms with Crippen molar-refractivity contribution in [1.29, 1.82) is 0 Å². The van der Waals surface area contributed by atoms with Crippen molar-refractivity contribution in [3.63, 3.8) is 0 Å². The molecule has 1 fully saturated rings. The van der Waals surface area contributed by atoms with Crippen LogP contribution in [0, 0.1) is 0 Å². The lowest BCUT2D eigenvalue weighted by Crippen LogP contribution is -2.19. The van der Waals surface area contributed by atoms with Gasteiger partial charge in [-0.25, -0.2) is 0 Å². The Morgan fingerprint density at radius 2 is 2.12 bits per heavy atom. The molecule has 4 nitrogen and oxygen atoms in total. The first-order chi connectivity index (χ1) is 7.88. The summed E-state index contributed by atoms with van der Waals surface area (Å²) in [6, 6.07) is 1.74. The molecule has 0 unspecified atom stereocenters. The zero-order chi connectivity index (χ0) is 12.6. The van der Waals surface area contributed by atoms with Gasteiger partial charge in [0.25, 0.3) is 5.91 Å². The third kappa shape index (κ3) is 2.75. The quantitative estimate of drug-likeness (QED) is 0.870. The number of pyridine rings is 1. The highest BCUT2D eigenvalue weighted by molar-refractivity contribution is 5.95. The van der Waals surface area contributed by atoms with Gasteiger partial charge in [-0.15, -0.1) is 0 Å². The first kappa shape index (κ1) is 11.9. The second kappa shape index (κ2) is 4.02. The predicted molar refractivity (Wildman–Crippen MR) is 65.1 cm³/mol. The van der Waals surface area contributed by atoms with E-state index in [1.807, 2.05) is 20.8 Å². The van der Waals surface area contributed by atoms with Crippen LogP contribution in [0.15, 0.2) is 12.3 Å². The summed E-state index contributed by atoms with van der Waals surface area (Å²) in [7, 11) is 0. The van der Waals surface area contributed by atoms with Crippen LogP contribution in [0.3, 0.4) is 0 Å². The Bertz CT molecular complexity index is 445. The maximum absolute atomic E-state index is 11.4. The van der Waals surface area contributed by atoms with Crippen LogP contribution < -0.4 is 10.5 Å². The van der Waals surface area contributed by atoms with Crippen molar-refractivity contribution in [2.75, 3.05) is 0 Å². The summed E-state index contributed by atoms with van der Waals surface area (Å²) in [5.41, 5.74) is 6.54. The van der Waals surface area contributed by atoms with Crippen LogP contribution >= 0.6 is 0 Å². The molecule has 1 amide bonds. The number of ether oxygens (including phenoxy) is 1. The highest BCUT2D eigenvalue weighted by Gasteiger charge is 2.26. The molecule has 1 aliphatic carbocycles. The monoisotopic (exact) mass is 234 g/mol. The molecule has 0 spiro atoms. The average molecular weight is 234 g/mol. The van der Waals surface area contributed by atoms with Crippen LogP contribution in [0.5, 0.6) is 5.75 Å². The molecule has 0 saturated heterocycles. The van der Waals surface area contributed by atoms with E-state index in [1.54, 1.807) is 12.3 Å². The molecule has 2 N–H and O–H groups in total. The number of hydrogen-bond donors (Lipinski definition) is 1. The molecular formula is C13H18N2O2. The summed E-state index contributed by atoms with van der Waals surface area (Å²) < 4.78 is 5.62. The van der Waals surface area contributed by atoms with Gasteiger partial charge >= 0.3 is 0 Å². The van der Waals surface area contributed by atoms with Crippen molar-refractivity contribution < 1.29 is 9.53 Å². The topological polar surface area (TPSA) is 65.2 Å². The summed E-state index contributed by atoms with van der Waals surface area (Å²) in [5, 5.41) is 0. The molecule has 1 aromatic heterocycles. The van der Waals surface area contributed by atoms with Gasteiger partial charge in [0.2, 0.25) is 0 Å². The molecule has 1 saturated carbocycles. The standard InChI is InChI=1S/C13H18N2O2/c1-13(2,3)11-6-9(12(14)16)10(7-15-11)17-8-4-5-8/h6-8H,4-5H2,1-3H3,(H2,14,16). The van der Waals surface area contributed by atoms with Crippen LogP contribution in [0.1, 0.15) is 49.7 Å². The number of nitrogens with zero attached hydrogens (tertiary/aromatic N) is 1. The second-order valence-electron chi connectivity index (χ2n) is 5.50. The third-order valence-electron chi connectivity index (χ3n) is 2.72. The van der Waals surface area contributed by atoms with Gasteiger partial charge in [-0.1, -0.05) is 20.8 Å². The number of amides is 1. The zero-order valence-electron chi connectivity index (χ0n) is 10.5. The third-order valence-corrected chi connectivity index (χ3v) is 2.72. The van der Waals surface area contributed by atoms with Crippen molar-refractivity contribution in [2.45, 2.75) is 45.1 Å².